The molecule has 2 rings (SSSR count). The van der Waals surface area contributed by atoms with Gasteiger partial charge in [0, 0.05) is 12.5 Å². The minimum absolute atomic E-state index is 0.0209. The standard InChI is InChI=1S/C17H17FO3/c1-2-20-16-4-3-5-17(11-16)21-12-15(19)10-13-6-8-14(18)9-7-13/h3-9,11H,2,10,12H2,1H3. The Labute approximate surface area is 123 Å². The van der Waals surface area contributed by atoms with E-state index >= 15 is 0 Å². The van der Waals surface area contributed by atoms with Crippen molar-refractivity contribution in [3.63, 3.8) is 0 Å². The highest BCUT2D eigenvalue weighted by atomic mass is 19.1. The molecule has 0 spiro atoms. The molecule has 3 nitrogen and oxygen atoms in total. The fourth-order valence-corrected chi connectivity index (χ4v) is 1.87. The maximum atomic E-state index is 12.8. The molecule has 0 aliphatic carbocycles. The molecule has 0 aromatic heterocycles. The van der Waals surface area contributed by atoms with Crippen LogP contribution in [0.1, 0.15) is 12.5 Å². The van der Waals surface area contributed by atoms with E-state index in [-0.39, 0.29) is 24.6 Å². The first-order valence-electron chi connectivity index (χ1n) is 6.79. The largest absolute Gasteiger partial charge is 0.494 e. The second-order valence-corrected chi connectivity index (χ2v) is 4.54. The summed E-state index contributed by atoms with van der Waals surface area (Å²) in [6.07, 6.45) is 0.228. The minimum atomic E-state index is -0.310. The SMILES string of the molecule is CCOc1cccc(OCC(=O)Cc2ccc(F)cc2)c1. The molecular formula is C17H17FO3. The van der Waals surface area contributed by atoms with Gasteiger partial charge in [0.15, 0.2) is 5.78 Å². The number of carbonyl (C=O) groups excluding carboxylic acids is 1. The Kier molecular flexibility index (Phi) is 5.32. The molecule has 4 heteroatoms. The molecule has 2 aromatic rings. The monoisotopic (exact) mass is 288 g/mol. The molecule has 110 valence electrons. The Morgan fingerprint density at radius 2 is 1.71 bits per heavy atom. The number of ketones is 1. The van der Waals surface area contributed by atoms with Gasteiger partial charge >= 0.3 is 0 Å². The summed E-state index contributed by atoms with van der Waals surface area (Å²) in [5.74, 6) is 0.924. The molecule has 0 fully saturated rings. The molecule has 0 unspecified atom stereocenters. The topological polar surface area (TPSA) is 35.5 Å². The van der Waals surface area contributed by atoms with Gasteiger partial charge in [-0.05, 0) is 36.8 Å². The van der Waals surface area contributed by atoms with E-state index in [1.807, 2.05) is 19.1 Å². The van der Waals surface area contributed by atoms with Crippen molar-refractivity contribution in [2.24, 2.45) is 0 Å². The van der Waals surface area contributed by atoms with E-state index in [0.29, 0.717) is 18.1 Å². The molecule has 2 aromatic carbocycles. The van der Waals surface area contributed by atoms with Crippen LogP contribution in [0.25, 0.3) is 0 Å². The zero-order chi connectivity index (χ0) is 15.1. The first-order chi connectivity index (χ1) is 10.2. The van der Waals surface area contributed by atoms with Gasteiger partial charge in [-0.1, -0.05) is 18.2 Å². The van der Waals surface area contributed by atoms with Gasteiger partial charge in [0.1, 0.15) is 23.9 Å². The lowest BCUT2D eigenvalue weighted by molar-refractivity contribution is -0.120. The lowest BCUT2D eigenvalue weighted by Gasteiger charge is -2.08. The smallest absolute Gasteiger partial charge is 0.174 e. The predicted octanol–water partition coefficient (Wildman–Crippen LogP) is 3.42. The van der Waals surface area contributed by atoms with Gasteiger partial charge in [-0.25, -0.2) is 4.39 Å². The molecule has 0 heterocycles. The van der Waals surface area contributed by atoms with E-state index in [9.17, 15) is 9.18 Å². The van der Waals surface area contributed by atoms with Gasteiger partial charge in [-0.3, -0.25) is 4.79 Å². The van der Waals surface area contributed by atoms with Crippen molar-refractivity contribution in [2.75, 3.05) is 13.2 Å². The lowest BCUT2D eigenvalue weighted by atomic mass is 10.1. The van der Waals surface area contributed by atoms with Crippen molar-refractivity contribution in [3.05, 3.63) is 59.9 Å². The van der Waals surface area contributed by atoms with Crippen LogP contribution in [0.15, 0.2) is 48.5 Å². The van der Waals surface area contributed by atoms with Gasteiger partial charge in [0.05, 0.1) is 6.61 Å². The van der Waals surface area contributed by atoms with E-state index in [4.69, 9.17) is 9.47 Å². The van der Waals surface area contributed by atoms with Crippen LogP contribution in [0, 0.1) is 5.82 Å². The Morgan fingerprint density at radius 1 is 1.05 bits per heavy atom. The fraction of sp³-hybridized carbons (Fsp3) is 0.235. The summed E-state index contributed by atoms with van der Waals surface area (Å²) in [6, 6.07) is 13.0. The average molecular weight is 288 g/mol. The van der Waals surface area contributed by atoms with Crippen LogP contribution in [-0.4, -0.2) is 19.0 Å². The molecule has 0 atom stereocenters. The summed E-state index contributed by atoms with van der Waals surface area (Å²) in [7, 11) is 0. The maximum absolute atomic E-state index is 12.8. The third-order valence-electron chi connectivity index (χ3n) is 2.83. The molecular weight excluding hydrogens is 271 g/mol. The highest BCUT2D eigenvalue weighted by molar-refractivity contribution is 5.82. The molecule has 0 saturated carbocycles. The van der Waals surface area contributed by atoms with Crippen molar-refractivity contribution in [2.45, 2.75) is 13.3 Å². The highest BCUT2D eigenvalue weighted by Gasteiger charge is 2.06. The van der Waals surface area contributed by atoms with E-state index in [1.54, 1.807) is 24.3 Å². The number of hydrogen-bond acceptors (Lipinski definition) is 3. The zero-order valence-corrected chi connectivity index (χ0v) is 11.8. The summed E-state index contributed by atoms with van der Waals surface area (Å²) < 4.78 is 23.6. The quantitative estimate of drug-likeness (QED) is 0.783. The summed E-state index contributed by atoms with van der Waals surface area (Å²) >= 11 is 0. The number of benzene rings is 2. The van der Waals surface area contributed by atoms with Gasteiger partial charge in [-0.15, -0.1) is 0 Å². The van der Waals surface area contributed by atoms with Crippen LogP contribution >= 0.6 is 0 Å². The van der Waals surface area contributed by atoms with Crippen LogP contribution in [-0.2, 0) is 11.2 Å². The number of halogens is 1. The number of rotatable bonds is 7. The molecule has 0 N–H and O–H groups in total. The van der Waals surface area contributed by atoms with Crippen LogP contribution in [0.2, 0.25) is 0 Å². The number of carbonyl (C=O) groups is 1. The number of hydrogen-bond donors (Lipinski definition) is 0. The molecule has 0 amide bonds. The summed E-state index contributed by atoms with van der Waals surface area (Å²) in [5, 5.41) is 0. The van der Waals surface area contributed by atoms with Crippen LogP contribution < -0.4 is 9.47 Å². The minimum Gasteiger partial charge on any atom is -0.494 e. The van der Waals surface area contributed by atoms with Crippen LogP contribution in [0.5, 0.6) is 11.5 Å². The van der Waals surface area contributed by atoms with E-state index in [2.05, 4.69) is 0 Å². The van der Waals surface area contributed by atoms with Crippen LogP contribution in [0.3, 0.4) is 0 Å². The Hall–Kier alpha value is -2.36. The zero-order valence-electron chi connectivity index (χ0n) is 11.8. The summed E-state index contributed by atoms with van der Waals surface area (Å²) in [6.45, 7) is 2.46. The Bertz CT molecular complexity index is 593. The van der Waals surface area contributed by atoms with Gasteiger partial charge in [0.25, 0.3) is 0 Å². The van der Waals surface area contributed by atoms with Crippen molar-refractivity contribution < 1.29 is 18.7 Å². The second kappa shape index (κ2) is 7.43. The van der Waals surface area contributed by atoms with Gasteiger partial charge in [-0.2, -0.15) is 0 Å². The molecule has 0 radical (unpaired) electrons. The highest BCUT2D eigenvalue weighted by Crippen LogP contribution is 2.19. The third-order valence-corrected chi connectivity index (χ3v) is 2.83. The Balaban J connectivity index is 1.86. The first-order valence-corrected chi connectivity index (χ1v) is 6.79. The normalized spacial score (nSPS) is 10.2. The second-order valence-electron chi connectivity index (χ2n) is 4.54. The summed E-state index contributed by atoms with van der Waals surface area (Å²) in [4.78, 5) is 11.8. The molecule has 0 aliphatic heterocycles. The van der Waals surface area contributed by atoms with Gasteiger partial charge in [0.2, 0.25) is 0 Å². The van der Waals surface area contributed by atoms with Crippen molar-refractivity contribution in [1.82, 2.24) is 0 Å². The van der Waals surface area contributed by atoms with Crippen molar-refractivity contribution >= 4 is 5.78 Å². The van der Waals surface area contributed by atoms with Crippen molar-refractivity contribution in [3.8, 4) is 11.5 Å². The summed E-state index contributed by atoms with van der Waals surface area (Å²) in [5.41, 5.74) is 0.771. The lowest BCUT2D eigenvalue weighted by Crippen LogP contribution is -2.13. The average Bonchev–Trinajstić information content (AvgIpc) is 2.48. The third kappa shape index (κ3) is 4.91. The molecule has 0 saturated heterocycles. The van der Waals surface area contributed by atoms with E-state index in [1.165, 1.54) is 12.1 Å². The number of ether oxygens (including phenoxy) is 2. The van der Waals surface area contributed by atoms with Gasteiger partial charge < -0.3 is 9.47 Å². The molecule has 0 aliphatic rings. The Morgan fingerprint density at radius 3 is 2.38 bits per heavy atom. The maximum Gasteiger partial charge on any atom is 0.174 e. The van der Waals surface area contributed by atoms with Crippen LogP contribution in [0.4, 0.5) is 4.39 Å². The van der Waals surface area contributed by atoms with E-state index in [0.717, 1.165) is 5.56 Å². The molecule has 0 bridgehead atoms. The molecule has 21 heavy (non-hydrogen) atoms. The number of Topliss-reactive ketones (excluding diaryl/α,β-unsaturated/α-hetero) is 1. The first kappa shape index (κ1) is 15.0. The predicted molar refractivity (Wildman–Crippen MR) is 78.2 cm³/mol. The fourth-order valence-electron chi connectivity index (χ4n) is 1.87. The van der Waals surface area contributed by atoms with E-state index < -0.39 is 0 Å². The van der Waals surface area contributed by atoms with Crippen molar-refractivity contribution in [1.29, 1.82) is 0 Å².